The zero-order valence-electron chi connectivity index (χ0n) is 13.4. The Kier molecular flexibility index (Phi) is 7.43. The lowest BCUT2D eigenvalue weighted by Gasteiger charge is -2.26. The van der Waals surface area contributed by atoms with Crippen LogP contribution < -0.4 is 4.90 Å². The molecule has 1 atom stereocenters. The number of aliphatic hydroxyl groups is 1. The quantitative estimate of drug-likeness (QED) is 0.573. The number of anilines is 1. The summed E-state index contributed by atoms with van der Waals surface area (Å²) in [5.74, 6) is 0.183. The standard InChI is InChI=1S/C18H20ClNO3S/c1-23-18(22)12-20(15-5-3-2-4-6-15)11-16(21)13-24-17-9-7-14(19)8-10-17/h2-10,16,21H,11-13H2,1H3. The minimum absolute atomic E-state index is 0.100. The lowest BCUT2D eigenvalue weighted by molar-refractivity contribution is -0.139. The first-order valence-electron chi connectivity index (χ1n) is 7.51. The van der Waals surface area contributed by atoms with Gasteiger partial charge in [-0.1, -0.05) is 29.8 Å². The molecule has 6 heteroatoms. The van der Waals surface area contributed by atoms with Gasteiger partial charge in [-0.3, -0.25) is 4.79 Å². The van der Waals surface area contributed by atoms with Crippen molar-refractivity contribution in [1.82, 2.24) is 0 Å². The van der Waals surface area contributed by atoms with Crippen LogP contribution in [0.15, 0.2) is 59.5 Å². The number of benzene rings is 2. The van der Waals surface area contributed by atoms with Crippen molar-refractivity contribution in [3.05, 3.63) is 59.6 Å². The number of carbonyl (C=O) groups is 1. The molecule has 2 aromatic rings. The lowest BCUT2D eigenvalue weighted by atomic mass is 10.2. The van der Waals surface area contributed by atoms with E-state index in [1.807, 2.05) is 59.5 Å². The van der Waals surface area contributed by atoms with Crippen LogP contribution in [0.5, 0.6) is 0 Å². The van der Waals surface area contributed by atoms with E-state index < -0.39 is 6.10 Å². The highest BCUT2D eigenvalue weighted by molar-refractivity contribution is 7.99. The predicted octanol–water partition coefficient (Wildman–Crippen LogP) is 3.47. The fourth-order valence-electron chi connectivity index (χ4n) is 2.15. The molecule has 0 aliphatic rings. The molecule has 24 heavy (non-hydrogen) atoms. The van der Waals surface area contributed by atoms with Crippen LogP contribution >= 0.6 is 23.4 Å². The molecule has 0 aliphatic heterocycles. The minimum atomic E-state index is -0.587. The number of nitrogens with zero attached hydrogens (tertiary/aromatic N) is 1. The third-order valence-corrected chi connectivity index (χ3v) is 4.77. The zero-order valence-corrected chi connectivity index (χ0v) is 15.0. The molecule has 0 saturated heterocycles. The van der Waals surface area contributed by atoms with Crippen molar-refractivity contribution >= 4 is 35.0 Å². The number of carbonyl (C=O) groups excluding carboxylic acids is 1. The van der Waals surface area contributed by atoms with Crippen LogP contribution in [0, 0.1) is 0 Å². The Balaban J connectivity index is 1.94. The molecule has 2 aromatic carbocycles. The van der Waals surface area contributed by atoms with Crippen molar-refractivity contribution in [3.63, 3.8) is 0 Å². The van der Waals surface area contributed by atoms with Crippen molar-refractivity contribution in [1.29, 1.82) is 0 Å². The van der Waals surface area contributed by atoms with E-state index in [1.54, 1.807) is 11.8 Å². The molecule has 2 rings (SSSR count). The molecule has 0 fully saturated rings. The Labute approximate surface area is 151 Å². The predicted molar refractivity (Wildman–Crippen MR) is 98.9 cm³/mol. The van der Waals surface area contributed by atoms with E-state index in [0.717, 1.165) is 10.6 Å². The monoisotopic (exact) mass is 365 g/mol. The van der Waals surface area contributed by atoms with E-state index in [0.29, 0.717) is 17.3 Å². The molecular formula is C18H20ClNO3S. The Morgan fingerprint density at radius 2 is 1.88 bits per heavy atom. The van der Waals surface area contributed by atoms with E-state index in [4.69, 9.17) is 16.3 Å². The van der Waals surface area contributed by atoms with Gasteiger partial charge in [-0.15, -0.1) is 11.8 Å². The van der Waals surface area contributed by atoms with Gasteiger partial charge >= 0.3 is 5.97 Å². The normalized spacial score (nSPS) is 11.8. The topological polar surface area (TPSA) is 49.8 Å². The van der Waals surface area contributed by atoms with Gasteiger partial charge in [0.25, 0.3) is 0 Å². The molecule has 0 spiro atoms. The maximum Gasteiger partial charge on any atom is 0.325 e. The second-order valence-corrected chi connectivity index (χ2v) is 6.74. The average molecular weight is 366 g/mol. The smallest absolute Gasteiger partial charge is 0.325 e. The van der Waals surface area contributed by atoms with E-state index in [1.165, 1.54) is 7.11 Å². The van der Waals surface area contributed by atoms with Gasteiger partial charge in [-0.25, -0.2) is 0 Å². The summed E-state index contributed by atoms with van der Waals surface area (Å²) in [6.45, 7) is 0.447. The summed E-state index contributed by atoms with van der Waals surface area (Å²) < 4.78 is 4.74. The van der Waals surface area contributed by atoms with Crippen molar-refractivity contribution in [2.45, 2.75) is 11.0 Å². The molecule has 1 N–H and O–H groups in total. The third kappa shape index (κ3) is 6.07. The summed E-state index contributed by atoms with van der Waals surface area (Å²) in [5, 5.41) is 11.0. The van der Waals surface area contributed by atoms with Crippen LogP contribution in [-0.2, 0) is 9.53 Å². The minimum Gasteiger partial charge on any atom is -0.468 e. The van der Waals surface area contributed by atoms with Crippen molar-refractivity contribution in [2.75, 3.05) is 30.9 Å². The average Bonchev–Trinajstić information content (AvgIpc) is 2.61. The molecular weight excluding hydrogens is 346 g/mol. The largest absolute Gasteiger partial charge is 0.468 e. The first-order chi connectivity index (χ1) is 11.6. The number of aliphatic hydroxyl groups excluding tert-OH is 1. The fraction of sp³-hybridized carbons (Fsp3) is 0.278. The van der Waals surface area contributed by atoms with Crippen LogP contribution in [-0.4, -0.2) is 43.1 Å². The van der Waals surface area contributed by atoms with Crippen LogP contribution in [0.3, 0.4) is 0 Å². The number of thioether (sulfide) groups is 1. The first-order valence-corrected chi connectivity index (χ1v) is 8.88. The summed E-state index contributed by atoms with van der Waals surface area (Å²) in [6.07, 6.45) is -0.587. The van der Waals surface area contributed by atoms with E-state index in [9.17, 15) is 9.90 Å². The van der Waals surface area contributed by atoms with E-state index >= 15 is 0 Å². The van der Waals surface area contributed by atoms with Gasteiger partial charge in [0, 0.05) is 27.9 Å². The maximum atomic E-state index is 11.6. The second kappa shape index (κ2) is 9.57. The Bertz CT molecular complexity index is 636. The van der Waals surface area contributed by atoms with Crippen molar-refractivity contribution < 1.29 is 14.6 Å². The number of methoxy groups -OCH3 is 1. The van der Waals surface area contributed by atoms with Gasteiger partial charge in [0.15, 0.2) is 0 Å². The summed E-state index contributed by atoms with van der Waals surface area (Å²) in [4.78, 5) is 14.5. The number of halogens is 1. The summed E-state index contributed by atoms with van der Waals surface area (Å²) in [7, 11) is 1.36. The summed E-state index contributed by atoms with van der Waals surface area (Å²) in [6, 6.07) is 17.0. The van der Waals surface area contributed by atoms with Crippen LogP contribution in [0.25, 0.3) is 0 Å². The SMILES string of the molecule is COC(=O)CN(CC(O)CSc1ccc(Cl)cc1)c1ccccc1. The number of hydrogen-bond donors (Lipinski definition) is 1. The van der Waals surface area contributed by atoms with Gasteiger partial charge in [-0.2, -0.15) is 0 Å². The molecule has 1 unspecified atom stereocenters. The highest BCUT2D eigenvalue weighted by atomic mass is 35.5. The van der Waals surface area contributed by atoms with Crippen LogP contribution in [0.2, 0.25) is 5.02 Å². The third-order valence-electron chi connectivity index (χ3n) is 3.36. The number of hydrogen-bond acceptors (Lipinski definition) is 5. The van der Waals surface area contributed by atoms with Gasteiger partial charge in [0.1, 0.15) is 6.54 Å². The van der Waals surface area contributed by atoms with Gasteiger partial charge in [0.2, 0.25) is 0 Å². The zero-order chi connectivity index (χ0) is 17.4. The van der Waals surface area contributed by atoms with Gasteiger partial charge < -0.3 is 14.7 Å². The fourth-order valence-corrected chi connectivity index (χ4v) is 3.10. The van der Waals surface area contributed by atoms with Gasteiger partial charge in [0.05, 0.1) is 13.2 Å². The van der Waals surface area contributed by atoms with Crippen molar-refractivity contribution in [2.24, 2.45) is 0 Å². The Hall–Kier alpha value is -1.69. The molecule has 0 saturated carbocycles. The lowest BCUT2D eigenvalue weighted by Crippen LogP contribution is -2.37. The molecule has 128 valence electrons. The first kappa shape index (κ1) is 18.6. The van der Waals surface area contributed by atoms with Crippen LogP contribution in [0.4, 0.5) is 5.69 Å². The molecule has 0 radical (unpaired) electrons. The Morgan fingerprint density at radius 1 is 1.21 bits per heavy atom. The van der Waals surface area contributed by atoms with E-state index in [2.05, 4.69) is 0 Å². The molecule has 0 bridgehead atoms. The molecule has 4 nitrogen and oxygen atoms in total. The summed E-state index contributed by atoms with van der Waals surface area (Å²) in [5.41, 5.74) is 0.874. The number of para-hydroxylation sites is 1. The molecule has 0 aromatic heterocycles. The number of rotatable bonds is 8. The number of ether oxygens (including phenoxy) is 1. The molecule has 0 aliphatic carbocycles. The number of esters is 1. The Morgan fingerprint density at radius 3 is 2.50 bits per heavy atom. The molecule has 0 heterocycles. The highest BCUT2D eigenvalue weighted by Crippen LogP contribution is 2.22. The van der Waals surface area contributed by atoms with Crippen molar-refractivity contribution in [3.8, 4) is 0 Å². The van der Waals surface area contributed by atoms with Gasteiger partial charge in [-0.05, 0) is 36.4 Å². The highest BCUT2D eigenvalue weighted by Gasteiger charge is 2.16. The summed E-state index contributed by atoms with van der Waals surface area (Å²) >= 11 is 7.41. The van der Waals surface area contributed by atoms with Crippen LogP contribution in [0.1, 0.15) is 0 Å². The maximum absolute atomic E-state index is 11.6. The molecule has 0 amide bonds. The second-order valence-electron chi connectivity index (χ2n) is 5.21. The van der Waals surface area contributed by atoms with E-state index in [-0.39, 0.29) is 12.5 Å².